The van der Waals surface area contributed by atoms with Crippen molar-refractivity contribution in [3.8, 4) is 0 Å². The Morgan fingerprint density at radius 1 is 1.20 bits per heavy atom. The molecule has 0 atom stereocenters. The standard InChI is InChI=1S/C17H12F3N5O5/c18-17(19,20)11-8-10(21-16(27)13-2-1-7-30-13)3-4-12(11)22-15(26)9-24-6-5-14(23-24)25(28)29/h1-8H,9H2,(H,21,27)(H,22,26). The summed E-state index contributed by atoms with van der Waals surface area (Å²) in [5.41, 5.74) is -1.91. The monoisotopic (exact) mass is 423 g/mol. The van der Waals surface area contributed by atoms with Gasteiger partial charge in [0.25, 0.3) is 5.91 Å². The van der Waals surface area contributed by atoms with Crippen LogP contribution in [-0.4, -0.2) is 26.5 Å². The molecular weight excluding hydrogens is 411 g/mol. The molecule has 0 saturated heterocycles. The van der Waals surface area contributed by atoms with Crippen LogP contribution in [0.5, 0.6) is 0 Å². The van der Waals surface area contributed by atoms with Crippen molar-refractivity contribution in [1.29, 1.82) is 0 Å². The molecule has 0 unspecified atom stereocenters. The Kier molecular flexibility index (Phi) is 5.53. The van der Waals surface area contributed by atoms with E-state index in [1.165, 1.54) is 24.5 Å². The van der Waals surface area contributed by atoms with E-state index in [-0.39, 0.29) is 11.4 Å². The second-order valence-electron chi connectivity index (χ2n) is 5.87. The number of alkyl halides is 3. The van der Waals surface area contributed by atoms with Gasteiger partial charge in [-0.2, -0.15) is 17.9 Å². The first-order valence-corrected chi connectivity index (χ1v) is 8.17. The molecule has 0 saturated carbocycles. The summed E-state index contributed by atoms with van der Waals surface area (Å²) in [7, 11) is 0. The predicted octanol–water partition coefficient (Wildman–Crippen LogP) is 3.29. The van der Waals surface area contributed by atoms with Crippen LogP contribution in [0.15, 0.2) is 53.3 Å². The molecule has 2 heterocycles. The molecule has 0 radical (unpaired) electrons. The number of nitro groups is 1. The van der Waals surface area contributed by atoms with Gasteiger partial charge in [0.1, 0.15) is 6.54 Å². The maximum atomic E-state index is 13.4. The van der Waals surface area contributed by atoms with Crippen LogP contribution in [0.4, 0.5) is 30.4 Å². The summed E-state index contributed by atoms with van der Waals surface area (Å²) < 4.78 is 46.1. The van der Waals surface area contributed by atoms with Gasteiger partial charge in [-0.25, -0.2) is 0 Å². The lowest BCUT2D eigenvalue weighted by atomic mass is 10.1. The van der Waals surface area contributed by atoms with Crippen LogP contribution < -0.4 is 10.6 Å². The van der Waals surface area contributed by atoms with Crippen molar-refractivity contribution in [2.45, 2.75) is 12.7 Å². The number of nitrogens with zero attached hydrogens (tertiary/aromatic N) is 3. The van der Waals surface area contributed by atoms with Crippen LogP contribution in [0.2, 0.25) is 0 Å². The fraction of sp³-hybridized carbons (Fsp3) is 0.118. The van der Waals surface area contributed by atoms with Crippen molar-refractivity contribution >= 4 is 29.0 Å². The lowest BCUT2D eigenvalue weighted by Crippen LogP contribution is -2.22. The van der Waals surface area contributed by atoms with Crippen LogP contribution >= 0.6 is 0 Å². The second kappa shape index (κ2) is 8.06. The molecule has 156 valence electrons. The van der Waals surface area contributed by atoms with Gasteiger partial charge in [0.2, 0.25) is 5.91 Å². The predicted molar refractivity (Wildman–Crippen MR) is 95.6 cm³/mol. The minimum absolute atomic E-state index is 0.0887. The number of carbonyl (C=O) groups excluding carboxylic acids is 2. The van der Waals surface area contributed by atoms with Gasteiger partial charge in [0, 0.05) is 5.69 Å². The molecule has 0 aliphatic carbocycles. The molecule has 30 heavy (non-hydrogen) atoms. The normalized spacial score (nSPS) is 11.2. The number of hydrogen-bond donors (Lipinski definition) is 2. The van der Waals surface area contributed by atoms with E-state index in [1.54, 1.807) is 0 Å². The molecule has 2 N–H and O–H groups in total. The molecule has 13 heteroatoms. The van der Waals surface area contributed by atoms with Gasteiger partial charge in [-0.15, -0.1) is 0 Å². The smallest absolute Gasteiger partial charge is 0.418 e. The number of carbonyl (C=O) groups is 2. The third kappa shape index (κ3) is 4.81. The zero-order chi connectivity index (χ0) is 21.9. The van der Waals surface area contributed by atoms with Crippen molar-refractivity contribution in [3.05, 3.63) is 70.3 Å². The summed E-state index contributed by atoms with van der Waals surface area (Å²) >= 11 is 0. The van der Waals surface area contributed by atoms with Gasteiger partial charge < -0.3 is 25.2 Å². The van der Waals surface area contributed by atoms with E-state index in [0.29, 0.717) is 6.07 Å². The first-order chi connectivity index (χ1) is 14.1. The number of furan rings is 1. The minimum atomic E-state index is -4.83. The molecule has 3 aromatic rings. The van der Waals surface area contributed by atoms with Crippen molar-refractivity contribution in [2.75, 3.05) is 10.6 Å². The van der Waals surface area contributed by atoms with Gasteiger partial charge in [-0.05, 0) is 35.3 Å². The van der Waals surface area contributed by atoms with E-state index in [9.17, 15) is 32.9 Å². The highest BCUT2D eigenvalue weighted by Crippen LogP contribution is 2.36. The van der Waals surface area contributed by atoms with Gasteiger partial charge >= 0.3 is 12.0 Å². The second-order valence-corrected chi connectivity index (χ2v) is 5.87. The van der Waals surface area contributed by atoms with Gasteiger partial charge in [0.05, 0.1) is 34.9 Å². The highest BCUT2D eigenvalue weighted by atomic mass is 19.4. The number of benzene rings is 1. The summed E-state index contributed by atoms with van der Waals surface area (Å²) in [5, 5.41) is 18.5. The molecule has 3 rings (SSSR count). The Labute approximate surface area is 165 Å². The Bertz CT molecular complexity index is 1090. The van der Waals surface area contributed by atoms with E-state index in [1.807, 2.05) is 0 Å². The van der Waals surface area contributed by atoms with Crippen LogP contribution in [0.1, 0.15) is 16.1 Å². The lowest BCUT2D eigenvalue weighted by Gasteiger charge is -2.15. The number of aromatic nitrogens is 2. The Morgan fingerprint density at radius 2 is 1.97 bits per heavy atom. The van der Waals surface area contributed by atoms with Crippen LogP contribution in [-0.2, 0) is 17.5 Å². The highest BCUT2D eigenvalue weighted by molar-refractivity contribution is 6.02. The average Bonchev–Trinajstić information content (AvgIpc) is 3.34. The Hall–Kier alpha value is -4.16. The van der Waals surface area contributed by atoms with Crippen molar-refractivity contribution in [2.24, 2.45) is 0 Å². The molecule has 10 nitrogen and oxygen atoms in total. The number of hydrogen-bond acceptors (Lipinski definition) is 6. The van der Waals surface area contributed by atoms with Crippen molar-refractivity contribution in [3.63, 3.8) is 0 Å². The Morgan fingerprint density at radius 3 is 2.57 bits per heavy atom. The van der Waals surface area contributed by atoms with Crippen LogP contribution in [0.3, 0.4) is 0 Å². The number of anilines is 2. The lowest BCUT2D eigenvalue weighted by molar-refractivity contribution is -0.389. The number of nitrogens with one attached hydrogen (secondary N) is 2. The number of rotatable bonds is 6. The molecule has 2 amide bonds. The third-order valence-corrected chi connectivity index (χ3v) is 3.72. The summed E-state index contributed by atoms with van der Waals surface area (Å²) in [6.07, 6.45) is -2.45. The molecule has 0 fully saturated rings. The summed E-state index contributed by atoms with van der Waals surface area (Å²) in [5.74, 6) is -2.22. The molecule has 0 spiro atoms. The SMILES string of the molecule is O=C(Cn1ccc([N+](=O)[O-])n1)Nc1ccc(NC(=O)c2ccco2)cc1C(F)(F)F. The number of halogens is 3. The van der Waals surface area contributed by atoms with E-state index < -0.39 is 46.5 Å². The Balaban J connectivity index is 1.77. The fourth-order valence-electron chi connectivity index (χ4n) is 2.44. The van der Waals surface area contributed by atoms with E-state index in [0.717, 1.165) is 23.0 Å². The zero-order valence-corrected chi connectivity index (χ0v) is 14.8. The van der Waals surface area contributed by atoms with E-state index in [2.05, 4.69) is 15.7 Å². The third-order valence-electron chi connectivity index (χ3n) is 3.72. The van der Waals surface area contributed by atoms with E-state index in [4.69, 9.17) is 4.42 Å². The van der Waals surface area contributed by atoms with Gasteiger partial charge in [-0.3, -0.25) is 9.59 Å². The average molecular weight is 423 g/mol. The summed E-state index contributed by atoms with van der Waals surface area (Å²) in [6.45, 7) is -0.540. The van der Waals surface area contributed by atoms with Gasteiger partial charge in [-0.1, -0.05) is 0 Å². The van der Waals surface area contributed by atoms with Crippen LogP contribution in [0.25, 0.3) is 0 Å². The topological polar surface area (TPSA) is 132 Å². The molecule has 0 aliphatic rings. The highest BCUT2D eigenvalue weighted by Gasteiger charge is 2.34. The minimum Gasteiger partial charge on any atom is -0.459 e. The molecule has 2 aromatic heterocycles. The molecule has 1 aromatic carbocycles. The van der Waals surface area contributed by atoms with Crippen molar-refractivity contribution in [1.82, 2.24) is 9.78 Å². The summed E-state index contributed by atoms with van der Waals surface area (Å²) in [6, 6.07) is 6.64. The first-order valence-electron chi connectivity index (χ1n) is 8.17. The zero-order valence-electron chi connectivity index (χ0n) is 14.8. The first kappa shape index (κ1) is 20.6. The van der Waals surface area contributed by atoms with E-state index >= 15 is 0 Å². The van der Waals surface area contributed by atoms with Crippen molar-refractivity contribution < 1.29 is 32.1 Å². The van der Waals surface area contributed by atoms with Gasteiger partial charge in [0.15, 0.2) is 5.76 Å². The fourth-order valence-corrected chi connectivity index (χ4v) is 2.44. The summed E-state index contributed by atoms with van der Waals surface area (Å²) in [4.78, 5) is 33.8. The number of amides is 2. The maximum Gasteiger partial charge on any atom is 0.418 e. The quantitative estimate of drug-likeness (QED) is 0.462. The molecular formula is C17H12F3N5O5. The largest absolute Gasteiger partial charge is 0.459 e. The van der Waals surface area contributed by atoms with Crippen LogP contribution in [0, 0.1) is 10.1 Å². The molecule has 0 bridgehead atoms. The maximum absolute atomic E-state index is 13.4. The molecule has 0 aliphatic heterocycles.